The maximum absolute atomic E-state index is 12.5. The van der Waals surface area contributed by atoms with Crippen LogP contribution in [-0.4, -0.2) is 30.2 Å². The summed E-state index contributed by atoms with van der Waals surface area (Å²) in [6.45, 7) is 0. The lowest BCUT2D eigenvalue weighted by Gasteiger charge is -2.08. The predicted molar refractivity (Wildman–Crippen MR) is 99.6 cm³/mol. The molecule has 0 aliphatic heterocycles. The van der Waals surface area contributed by atoms with Crippen LogP contribution < -0.4 is 9.47 Å². The number of nitrogens with one attached hydrogen (secondary N) is 1. The number of carbonyl (C=O) groups excluding carboxylic acids is 1. The van der Waals surface area contributed by atoms with Crippen molar-refractivity contribution in [1.29, 1.82) is 0 Å². The smallest absolute Gasteiger partial charge is 0.189 e. The number of ether oxygens (including phenoxy) is 2. The van der Waals surface area contributed by atoms with E-state index in [2.05, 4.69) is 10.2 Å². The molecule has 4 rings (SSSR count). The Kier molecular flexibility index (Phi) is 4.05. The van der Waals surface area contributed by atoms with Crippen molar-refractivity contribution in [1.82, 2.24) is 10.2 Å². The average molecular weight is 346 g/mol. The molecule has 130 valence electrons. The first-order valence-electron chi connectivity index (χ1n) is 8.30. The molecule has 0 saturated heterocycles. The van der Waals surface area contributed by atoms with Crippen LogP contribution in [0.15, 0.2) is 54.1 Å². The number of nitrogens with zero attached hydrogens (tertiary/aromatic N) is 1. The Morgan fingerprint density at radius 2 is 1.85 bits per heavy atom. The van der Waals surface area contributed by atoms with Gasteiger partial charge in [-0.2, -0.15) is 5.10 Å². The summed E-state index contributed by atoms with van der Waals surface area (Å²) in [5.74, 6) is 1.40. The highest BCUT2D eigenvalue weighted by atomic mass is 16.5. The molecule has 0 saturated carbocycles. The number of carbonyl (C=O) groups is 1. The number of ketones is 1. The molecule has 2 aromatic carbocycles. The summed E-state index contributed by atoms with van der Waals surface area (Å²) in [6.07, 6.45) is 2.53. The van der Waals surface area contributed by atoms with Gasteiger partial charge >= 0.3 is 0 Å². The molecule has 1 N–H and O–H groups in total. The van der Waals surface area contributed by atoms with E-state index in [9.17, 15) is 4.79 Å². The largest absolute Gasteiger partial charge is 0.493 e. The van der Waals surface area contributed by atoms with E-state index in [1.807, 2.05) is 54.6 Å². The van der Waals surface area contributed by atoms with Crippen molar-refractivity contribution in [3.8, 4) is 22.8 Å². The van der Waals surface area contributed by atoms with Gasteiger partial charge in [0, 0.05) is 23.1 Å². The number of rotatable bonds is 4. The first-order valence-corrected chi connectivity index (χ1v) is 8.30. The number of Topliss-reactive ketones (excluding diaryl/α,β-unsaturated/α-hetero) is 1. The molecule has 1 heterocycles. The molecule has 0 bridgehead atoms. The number of aromatic amines is 1. The van der Waals surface area contributed by atoms with Crippen molar-refractivity contribution in [2.24, 2.45) is 0 Å². The van der Waals surface area contributed by atoms with E-state index >= 15 is 0 Å². The monoisotopic (exact) mass is 346 g/mol. The molecule has 0 amide bonds. The summed E-state index contributed by atoms with van der Waals surface area (Å²) >= 11 is 0. The number of hydrogen-bond acceptors (Lipinski definition) is 4. The summed E-state index contributed by atoms with van der Waals surface area (Å²) in [7, 11) is 3.21. The third-order valence-corrected chi connectivity index (χ3v) is 4.54. The van der Waals surface area contributed by atoms with E-state index in [4.69, 9.17) is 9.47 Å². The van der Waals surface area contributed by atoms with Crippen molar-refractivity contribution in [2.75, 3.05) is 14.2 Å². The molecule has 0 fully saturated rings. The van der Waals surface area contributed by atoms with Crippen molar-refractivity contribution in [2.45, 2.75) is 6.42 Å². The predicted octanol–water partition coefficient (Wildman–Crippen LogP) is 3.92. The van der Waals surface area contributed by atoms with Crippen LogP contribution in [0.1, 0.15) is 21.6 Å². The summed E-state index contributed by atoms with van der Waals surface area (Å²) in [5.41, 5.74) is 5.12. The SMILES string of the molecule is COc1ccc(-c2cc(C=C3Cc4ccccc4C3=O)[nH]n2)cc1OC. The van der Waals surface area contributed by atoms with Gasteiger partial charge in [0.1, 0.15) is 0 Å². The second-order valence-corrected chi connectivity index (χ2v) is 6.11. The second-order valence-electron chi connectivity index (χ2n) is 6.11. The highest BCUT2D eigenvalue weighted by Crippen LogP contribution is 2.32. The molecule has 26 heavy (non-hydrogen) atoms. The third kappa shape index (κ3) is 2.77. The number of fused-ring (bicyclic) bond motifs is 1. The van der Waals surface area contributed by atoms with Gasteiger partial charge in [0.2, 0.25) is 0 Å². The minimum absolute atomic E-state index is 0.0860. The fourth-order valence-corrected chi connectivity index (χ4v) is 3.21. The molecule has 5 nitrogen and oxygen atoms in total. The van der Waals surface area contributed by atoms with Crippen LogP contribution in [0.5, 0.6) is 11.5 Å². The number of H-pyrrole nitrogens is 1. The summed E-state index contributed by atoms with van der Waals surface area (Å²) in [4.78, 5) is 12.5. The fourth-order valence-electron chi connectivity index (χ4n) is 3.21. The van der Waals surface area contributed by atoms with E-state index in [-0.39, 0.29) is 5.78 Å². The van der Waals surface area contributed by atoms with E-state index in [1.165, 1.54) is 0 Å². The van der Waals surface area contributed by atoms with Gasteiger partial charge in [0.05, 0.1) is 25.6 Å². The standard InChI is InChI=1S/C21H18N2O3/c1-25-19-8-7-14(11-20(19)26-2)18-12-16(22-23-18)10-15-9-13-5-3-4-6-17(13)21(15)24/h3-8,10-12H,9H2,1-2H3,(H,22,23). The minimum Gasteiger partial charge on any atom is -0.493 e. The zero-order valence-corrected chi connectivity index (χ0v) is 14.6. The fraction of sp³-hybridized carbons (Fsp3) is 0.143. The Balaban J connectivity index is 1.63. The molecule has 3 aromatic rings. The Morgan fingerprint density at radius 3 is 2.62 bits per heavy atom. The zero-order chi connectivity index (χ0) is 18.1. The van der Waals surface area contributed by atoms with Gasteiger partial charge < -0.3 is 9.47 Å². The molecule has 0 atom stereocenters. The summed E-state index contributed by atoms with van der Waals surface area (Å²) in [5, 5.41) is 7.35. The van der Waals surface area contributed by atoms with Gasteiger partial charge in [-0.1, -0.05) is 24.3 Å². The molecule has 5 heteroatoms. The molecule has 0 spiro atoms. The van der Waals surface area contributed by atoms with Gasteiger partial charge in [-0.05, 0) is 35.9 Å². The Bertz CT molecular complexity index is 1020. The lowest BCUT2D eigenvalue weighted by molar-refractivity contribution is 0.104. The maximum Gasteiger partial charge on any atom is 0.189 e. The normalized spacial score (nSPS) is 14.5. The van der Waals surface area contributed by atoms with Crippen LogP contribution in [-0.2, 0) is 6.42 Å². The molecule has 1 aromatic heterocycles. The highest BCUT2D eigenvalue weighted by molar-refractivity contribution is 6.15. The molecule has 0 radical (unpaired) electrons. The quantitative estimate of drug-likeness (QED) is 0.727. The number of methoxy groups -OCH3 is 2. The zero-order valence-electron chi connectivity index (χ0n) is 14.6. The van der Waals surface area contributed by atoms with Crippen LogP contribution in [0.2, 0.25) is 0 Å². The summed E-state index contributed by atoms with van der Waals surface area (Å²) < 4.78 is 10.6. The van der Waals surface area contributed by atoms with Crippen molar-refractivity contribution < 1.29 is 14.3 Å². The van der Waals surface area contributed by atoms with E-state index < -0.39 is 0 Å². The van der Waals surface area contributed by atoms with Gasteiger partial charge in [0.25, 0.3) is 0 Å². The minimum atomic E-state index is 0.0860. The molecule has 1 aliphatic carbocycles. The maximum atomic E-state index is 12.5. The number of allylic oxidation sites excluding steroid dienone is 1. The van der Waals surface area contributed by atoms with Crippen molar-refractivity contribution >= 4 is 11.9 Å². The number of aromatic nitrogens is 2. The third-order valence-electron chi connectivity index (χ3n) is 4.54. The topological polar surface area (TPSA) is 64.2 Å². The van der Waals surface area contributed by atoms with Crippen molar-refractivity contribution in [3.05, 3.63) is 70.9 Å². The van der Waals surface area contributed by atoms with Crippen LogP contribution in [0.3, 0.4) is 0 Å². The Morgan fingerprint density at radius 1 is 1.04 bits per heavy atom. The average Bonchev–Trinajstić information content (AvgIpc) is 3.27. The lowest BCUT2D eigenvalue weighted by atomic mass is 10.1. The van der Waals surface area contributed by atoms with E-state index in [0.29, 0.717) is 17.9 Å². The van der Waals surface area contributed by atoms with Gasteiger partial charge in [-0.3, -0.25) is 9.89 Å². The van der Waals surface area contributed by atoms with Crippen LogP contribution in [0, 0.1) is 0 Å². The molecular weight excluding hydrogens is 328 g/mol. The van der Waals surface area contributed by atoms with Crippen LogP contribution in [0.25, 0.3) is 17.3 Å². The second kappa shape index (κ2) is 6.52. The Hall–Kier alpha value is -3.34. The van der Waals surface area contributed by atoms with E-state index in [1.54, 1.807) is 14.2 Å². The van der Waals surface area contributed by atoms with Crippen LogP contribution in [0.4, 0.5) is 0 Å². The first kappa shape index (κ1) is 16.1. The van der Waals surface area contributed by atoms with Gasteiger partial charge in [-0.25, -0.2) is 0 Å². The molecular formula is C21H18N2O3. The number of hydrogen-bond donors (Lipinski definition) is 1. The molecule has 1 aliphatic rings. The first-order chi connectivity index (χ1) is 12.7. The summed E-state index contributed by atoms with van der Waals surface area (Å²) in [6, 6.07) is 15.3. The van der Waals surface area contributed by atoms with E-state index in [0.717, 1.165) is 33.7 Å². The van der Waals surface area contributed by atoms with Crippen molar-refractivity contribution in [3.63, 3.8) is 0 Å². The van der Waals surface area contributed by atoms with Gasteiger partial charge in [0.15, 0.2) is 17.3 Å². The molecule has 0 unspecified atom stereocenters. The van der Waals surface area contributed by atoms with Gasteiger partial charge in [-0.15, -0.1) is 0 Å². The van der Waals surface area contributed by atoms with Crippen LogP contribution >= 0.6 is 0 Å². The lowest BCUT2D eigenvalue weighted by Crippen LogP contribution is -1.94. The number of benzene rings is 2. The Labute approximate surface area is 151 Å². The highest BCUT2D eigenvalue weighted by Gasteiger charge is 2.24.